The molecule has 2 heterocycles. The number of methoxy groups -OCH3 is 1. The Balaban J connectivity index is 1.74. The van der Waals surface area contributed by atoms with E-state index in [0.717, 1.165) is 17.8 Å². The van der Waals surface area contributed by atoms with E-state index in [1.807, 2.05) is 23.6 Å². The Morgan fingerprint density at radius 2 is 2.15 bits per heavy atom. The van der Waals surface area contributed by atoms with E-state index in [4.69, 9.17) is 21.1 Å². The van der Waals surface area contributed by atoms with Gasteiger partial charge in [-0.25, -0.2) is 4.98 Å². The fourth-order valence-corrected chi connectivity index (χ4v) is 3.30. The maximum atomic E-state index is 12.5. The van der Waals surface area contributed by atoms with Crippen LogP contribution in [0.4, 0.5) is 0 Å². The zero-order valence-corrected chi connectivity index (χ0v) is 17.3. The number of nitrogens with zero attached hydrogens (tertiary/aromatic N) is 2. The highest BCUT2D eigenvalue weighted by atomic mass is 79.9. The van der Waals surface area contributed by atoms with Gasteiger partial charge in [0.05, 0.1) is 35.5 Å². The average molecular weight is 453 g/mol. The SMILES string of the molecule is CCCOc1c(Br)cc(C(=O)NCc2cn3cc(Cl)ccc3n2)cc1OC. The first-order valence-electron chi connectivity index (χ1n) is 8.43. The quantitative estimate of drug-likeness (QED) is 0.574. The van der Waals surface area contributed by atoms with Gasteiger partial charge in [-0.1, -0.05) is 18.5 Å². The summed E-state index contributed by atoms with van der Waals surface area (Å²) < 4.78 is 13.5. The second-order valence-electron chi connectivity index (χ2n) is 5.87. The van der Waals surface area contributed by atoms with E-state index in [0.29, 0.717) is 39.7 Å². The first kappa shape index (κ1) is 19.5. The number of nitrogens with one attached hydrogen (secondary N) is 1. The lowest BCUT2D eigenvalue weighted by Gasteiger charge is -2.14. The molecule has 1 N–H and O–H groups in total. The highest BCUT2D eigenvalue weighted by Gasteiger charge is 2.16. The molecule has 3 aromatic rings. The highest BCUT2D eigenvalue weighted by Crippen LogP contribution is 2.36. The maximum absolute atomic E-state index is 12.5. The third-order valence-electron chi connectivity index (χ3n) is 3.84. The molecule has 0 saturated heterocycles. The first-order chi connectivity index (χ1) is 13.0. The predicted molar refractivity (Wildman–Crippen MR) is 108 cm³/mol. The molecule has 0 saturated carbocycles. The number of carbonyl (C=O) groups excluding carboxylic acids is 1. The summed E-state index contributed by atoms with van der Waals surface area (Å²) in [5.41, 5.74) is 1.97. The van der Waals surface area contributed by atoms with Crippen LogP contribution in [-0.2, 0) is 6.54 Å². The molecule has 0 spiro atoms. The summed E-state index contributed by atoms with van der Waals surface area (Å²) in [6.07, 6.45) is 4.48. The van der Waals surface area contributed by atoms with Crippen molar-refractivity contribution >= 4 is 39.1 Å². The number of rotatable bonds is 7. The van der Waals surface area contributed by atoms with Crippen LogP contribution in [0, 0.1) is 0 Å². The number of hydrogen-bond donors (Lipinski definition) is 1. The zero-order chi connectivity index (χ0) is 19.4. The van der Waals surface area contributed by atoms with Gasteiger partial charge in [0.15, 0.2) is 11.5 Å². The summed E-state index contributed by atoms with van der Waals surface area (Å²) in [4.78, 5) is 17.0. The zero-order valence-electron chi connectivity index (χ0n) is 15.0. The van der Waals surface area contributed by atoms with Crippen molar-refractivity contribution in [2.24, 2.45) is 0 Å². The van der Waals surface area contributed by atoms with Crippen LogP contribution in [0.3, 0.4) is 0 Å². The Bertz CT molecular complexity index is 974. The third kappa shape index (κ3) is 4.54. The van der Waals surface area contributed by atoms with Crippen LogP contribution in [0.5, 0.6) is 11.5 Å². The summed E-state index contributed by atoms with van der Waals surface area (Å²) in [7, 11) is 1.55. The van der Waals surface area contributed by atoms with Gasteiger partial charge < -0.3 is 19.2 Å². The van der Waals surface area contributed by atoms with E-state index in [1.54, 1.807) is 31.5 Å². The minimum absolute atomic E-state index is 0.230. The molecule has 3 rings (SSSR count). The van der Waals surface area contributed by atoms with Crippen molar-refractivity contribution in [1.29, 1.82) is 0 Å². The smallest absolute Gasteiger partial charge is 0.251 e. The summed E-state index contributed by atoms with van der Waals surface area (Å²) >= 11 is 9.43. The van der Waals surface area contributed by atoms with Gasteiger partial charge in [0.1, 0.15) is 5.65 Å². The largest absolute Gasteiger partial charge is 0.493 e. The van der Waals surface area contributed by atoms with Crippen LogP contribution in [0.2, 0.25) is 5.02 Å². The molecule has 1 aromatic carbocycles. The van der Waals surface area contributed by atoms with Crippen molar-refractivity contribution in [2.75, 3.05) is 13.7 Å². The van der Waals surface area contributed by atoms with E-state index in [1.165, 1.54) is 0 Å². The molecule has 0 bridgehead atoms. The van der Waals surface area contributed by atoms with Crippen LogP contribution in [0.25, 0.3) is 5.65 Å². The van der Waals surface area contributed by atoms with Crippen molar-refractivity contribution in [3.05, 3.63) is 57.4 Å². The lowest BCUT2D eigenvalue weighted by atomic mass is 10.2. The molecule has 0 aliphatic rings. The minimum Gasteiger partial charge on any atom is -0.493 e. The Hall–Kier alpha value is -2.25. The van der Waals surface area contributed by atoms with Crippen molar-refractivity contribution in [1.82, 2.24) is 14.7 Å². The Labute approximate surface area is 170 Å². The maximum Gasteiger partial charge on any atom is 0.251 e. The number of aromatic nitrogens is 2. The standard InChI is InChI=1S/C19H19BrClN3O3/c1-3-6-27-18-15(20)7-12(8-16(18)26-2)19(25)22-9-14-11-24-10-13(21)4-5-17(24)23-14/h4-5,7-8,10-11H,3,6,9H2,1-2H3,(H,22,25). The van der Waals surface area contributed by atoms with Gasteiger partial charge in [0.2, 0.25) is 0 Å². The summed E-state index contributed by atoms with van der Waals surface area (Å²) in [6.45, 7) is 2.89. The van der Waals surface area contributed by atoms with Crippen LogP contribution in [-0.4, -0.2) is 29.0 Å². The number of pyridine rings is 1. The van der Waals surface area contributed by atoms with Crippen molar-refractivity contribution < 1.29 is 14.3 Å². The van der Waals surface area contributed by atoms with Crippen LogP contribution >= 0.6 is 27.5 Å². The molecule has 0 aliphatic carbocycles. The van der Waals surface area contributed by atoms with Crippen molar-refractivity contribution in [2.45, 2.75) is 19.9 Å². The number of hydrogen-bond acceptors (Lipinski definition) is 4. The monoisotopic (exact) mass is 451 g/mol. The number of benzene rings is 1. The fourth-order valence-electron chi connectivity index (χ4n) is 2.57. The summed E-state index contributed by atoms with van der Waals surface area (Å²) in [6, 6.07) is 6.98. The number of fused-ring (bicyclic) bond motifs is 1. The number of carbonyl (C=O) groups is 1. The Kier molecular flexibility index (Phi) is 6.23. The van der Waals surface area contributed by atoms with Gasteiger partial charge >= 0.3 is 0 Å². The molecule has 8 heteroatoms. The van der Waals surface area contributed by atoms with E-state index >= 15 is 0 Å². The normalized spacial score (nSPS) is 10.8. The topological polar surface area (TPSA) is 64.9 Å². The molecule has 0 aliphatic heterocycles. The molecule has 27 heavy (non-hydrogen) atoms. The van der Waals surface area contributed by atoms with Gasteiger partial charge in [-0.15, -0.1) is 0 Å². The molecule has 6 nitrogen and oxygen atoms in total. The predicted octanol–water partition coefficient (Wildman–Crippen LogP) is 4.48. The van der Waals surface area contributed by atoms with Crippen molar-refractivity contribution in [3.8, 4) is 11.5 Å². The number of amides is 1. The first-order valence-corrected chi connectivity index (χ1v) is 9.60. The molecule has 2 aromatic heterocycles. The third-order valence-corrected chi connectivity index (χ3v) is 4.65. The number of halogens is 2. The minimum atomic E-state index is -0.230. The fraction of sp³-hybridized carbons (Fsp3) is 0.263. The second kappa shape index (κ2) is 8.63. The molecule has 0 atom stereocenters. The number of ether oxygens (including phenoxy) is 2. The molecule has 142 valence electrons. The van der Waals surface area contributed by atoms with Gasteiger partial charge in [0.25, 0.3) is 5.91 Å². The van der Waals surface area contributed by atoms with E-state index in [2.05, 4.69) is 26.2 Å². The van der Waals surface area contributed by atoms with Crippen LogP contribution in [0.1, 0.15) is 29.4 Å². The lowest BCUT2D eigenvalue weighted by molar-refractivity contribution is 0.0950. The Morgan fingerprint density at radius 3 is 2.89 bits per heavy atom. The lowest BCUT2D eigenvalue weighted by Crippen LogP contribution is -2.23. The van der Waals surface area contributed by atoms with Gasteiger partial charge in [-0.05, 0) is 46.6 Å². The molecule has 0 radical (unpaired) electrons. The van der Waals surface area contributed by atoms with Gasteiger partial charge in [0, 0.05) is 18.0 Å². The van der Waals surface area contributed by atoms with E-state index in [9.17, 15) is 4.79 Å². The van der Waals surface area contributed by atoms with Gasteiger partial charge in [-0.2, -0.15) is 0 Å². The highest BCUT2D eigenvalue weighted by molar-refractivity contribution is 9.10. The van der Waals surface area contributed by atoms with Crippen LogP contribution in [0.15, 0.2) is 41.1 Å². The summed E-state index contributed by atoms with van der Waals surface area (Å²) in [5.74, 6) is 0.865. The molecular weight excluding hydrogens is 434 g/mol. The second-order valence-corrected chi connectivity index (χ2v) is 7.16. The van der Waals surface area contributed by atoms with E-state index < -0.39 is 0 Å². The van der Waals surface area contributed by atoms with E-state index in [-0.39, 0.29) is 5.91 Å². The van der Waals surface area contributed by atoms with Gasteiger partial charge in [-0.3, -0.25) is 4.79 Å². The number of imidazole rings is 1. The average Bonchev–Trinajstić information content (AvgIpc) is 3.06. The van der Waals surface area contributed by atoms with Crippen LogP contribution < -0.4 is 14.8 Å². The molecular formula is C19H19BrClN3O3. The Morgan fingerprint density at radius 1 is 1.33 bits per heavy atom. The molecule has 0 unspecified atom stereocenters. The molecule has 1 amide bonds. The van der Waals surface area contributed by atoms with Crippen molar-refractivity contribution in [3.63, 3.8) is 0 Å². The molecule has 0 fully saturated rings. The summed E-state index contributed by atoms with van der Waals surface area (Å²) in [5, 5.41) is 3.49.